The number of halogens is 4. The lowest BCUT2D eigenvalue weighted by Gasteiger charge is -2.06. The minimum absolute atomic E-state index is 0.867. The van der Waals surface area contributed by atoms with E-state index in [1.54, 1.807) is 0 Å². The van der Waals surface area contributed by atoms with Gasteiger partial charge in [0, 0.05) is 0 Å². The largest absolute Gasteiger partial charge is 0.396 e. The summed E-state index contributed by atoms with van der Waals surface area (Å²) in [5, 5.41) is 0. The molecule has 14 heavy (non-hydrogen) atoms. The summed E-state index contributed by atoms with van der Waals surface area (Å²) in [6.45, 7) is 0.867. The van der Waals surface area contributed by atoms with Crippen molar-refractivity contribution in [3.63, 3.8) is 0 Å². The maximum Gasteiger partial charge on any atom is 0.199 e. The van der Waals surface area contributed by atoms with Crippen LogP contribution < -0.4 is 5.73 Å². The summed E-state index contributed by atoms with van der Waals surface area (Å²) in [5.74, 6) is -8.56. The molecule has 0 heterocycles. The molecule has 0 unspecified atom stereocenters. The normalized spacial score (nSPS) is 10.4. The van der Waals surface area contributed by atoms with Crippen LogP contribution >= 0.6 is 0 Å². The van der Waals surface area contributed by atoms with Gasteiger partial charge in [0.1, 0.15) is 0 Å². The zero-order valence-electron chi connectivity index (χ0n) is 7.00. The van der Waals surface area contributed by atoms with Crippen molar-refractivity contribution < 1.29 is 22.4 Å². The van der Waals surface area contributed by atoms with Crippen LogP contribution in [0.1, 0.15) is 17.3 Å². The molecule has 1 rings (SSSR count). The van der Waals surface area contributed by atoms with Gasteiger partial charge < -0.3 is 5.73 Å². The monoisotopic (exact) mass is 207 g/mol. The first kappa shape index (κ1) is 10.5. The quantitative estimate of drug-likeness (QED) is 0.252. The highest BCUT2D eigenvalue weighted by atomic mass is 19.2. The average molecular weight is 207 g/mol. The van der Waals surface area contributed by atoms with Crippen LogP contribution in [-0.2, 0) is 0 Å². The Labute approximate surface area is 76.3 Å². The van der Waals surface area contributed by atoms with E-state index in [0.717, 1.165) is 6.92 Å². The fourth-order valence-electron chi connectivity index (χ4n) is 0.993. The van der Waals surface area contributed by atoms with E-state index in [0.29, 0.717) is 0 Å². The minimum Gasteiger partial charge on any atom is -0.396 e. The number of rotatable bonds is 1. The van der Waals surface area contributed by atoms with E-state index in [1.807, 2.05) is 0 Å². The van der Waals surface area contributed by atoms with Gasteiger partial charge >= 0.3 is 0 Å². The van der Waals surface area contributed by atoms with Crippen molar-refractivity contribution in [2.75, 3.05) is 5.73 Å². The van der Waals surface area contributed by atoms with Crippen molar-refractivity contribution >= 4 is 11.5 Å². The van der Waals surface area contributed by atoms with Crippen molar-refractivity contribution in [1.82, 2.24) is 0 Å². The van der Waals surface area contributed by atoms with E-state index in [1.165, 1.54) is 0 Å². The Morgan fingerprint density at radius 1 is 1.00 bits per heavy atom. The molecule has 0 aromatic heterocycles. The molecule has 0 atom stereocenters. The molecule has 1 aromatic rings. The molecule has 0 saturated carbocycles. The van der Waals surface area contributed by atoms with Gasteiger partial charge in [0.15, 0.2) is 29.1 Å². The number of benzene rings is 1. The smallest absolute Gasteiger partial charge is 0.199 e. The molecule has 0 spiro atoms. The molecule has 0 fully saturated rings. The second-order valence-electron chi connectivity index (χ2n) is 2.60. The van der Waals surface area contributed by atoms with E-state index in [9.17, 15) is 22.4 Å². The van der Waals surface area contributed by atoms with E-state index in [2.05, 4.69) is 0 Å². The summed E-state index contributed by atoms with van der Waals surface area (Å²) < 4.78 is 50.7. The van der Waals surface area contributed by atoms with Gasteiger partial charge in [0.05, 0.1) is 11.3 Å². The zero-order valence-corrected chi connectivity index (χ0v) is 7.00. The molecular weight excluding hydrogens is 202 g/mol. The van der Waals surface area contributed by atoms with Crippen molar-refractivity contribution in [1.29, 1.82) is 0 Å². The Hall–Kier alpha value is -1.59. The van der Waals surface area contributed by atoms with E-state index in [-0.39, 0.29) is 0 Å². The number of hydrogen-bond acceptors (Lipinski definition) is 2. The maximum atomic E-state index is 12.9. The number of Topliss-reactive ketones (excluding diaryl/α,β-unsaturated/α-hetero) is 1. The third-order valence-electron chi connectivity index (χ3n) is 1.66. The van der Waals surface area contributed by atoms with E-state index >= 15 is 0 Å². The summed E-state index contributed by atoms with van der Waals surface area (Å²) in [5.41, 5.74) is 2.92. The summed E-state index contributed by atoms with van der Waals surface area (Å²) in [6.07, 6.45) is 0. The molecule has 6 heteroatoms. The Bertz CT molecular complexity index is 387. The number of carbonyl (C=O) groups excluding carboxylic acids is 1. The van der Waals surface area contributed by atoms with Crippen molar-refractivity contribution in [2.45, 2.75) is 6.92 Å². The third kappa shape index (κ3) is 1.32. The van der Waals surface area contributed by atoms with Crippen LogP contribution in [0.4, 0.5) is 23.2 Å². The zero-order chi connectivity index (χ0) is 11.0. The molecule has 0 aliphatic heterocycles. The molecule has 76 valence electrons. The molecule has 0 bridgehead atoms. The highest BCUT2D eigenvalue weighted by Crippen LogP contribution is 2.26. The van der Waals surface area contributed by atoms with Crippen LogP contribution in [0.3, 0.4) is 0 Å². The van der Waals surface area contributed by atoms with Gasteiger partial charge in [-0.15, -0.1) is 0 Å². The molecule has 2 N–H and O–H groups in total. The van der Waals surface area contributed by atoms with E-state index < -0.39 is 40.3 Å². The molecule has 0 saturated heterocycles. The lowest BCUT2D eigenvalue weighted by molar-refractivity contribution is 0.101. The molecule has 0 aliphatic carbocycles. The first-order chi connectivity index (χ1) is 6.37. The van der Waals surface area contributed by atoms with Gasteiger partial charge in [-0.05, 0) is 6.92 Å². The molecule has 0 amide bonds. The highest BCUT2D eigenvalue weighted by molar-refractivity contribution is 5.99. The summed E-state index contributed by atoms with van der Waals surface area (Å²) in [4.78, 5) is 10.7. The number of hydrogen-bond donors (Lipinski definition) is 1. The van der Waals surface area contributed by atoms with Gasteiger partial charge in [-0.2, -0.15) is 0 Å². The van der Waals surface area contributed by atoms with Gasteiger partial charge in [-0.25, -0.2) is 17.6 Å². The molecule has 0 radical (unpaired) electrons. The first-order valence-electron chi connectivity index (χ1n) is 3.50. The maximum absolute atomic E-state index is 12.9. The van der Waals surface area contributed by atoms with E-state index in [4.69, 9.17) is 5.73 Å². The fourth-order valence-corrected chi connectivity index (χ4v) is 0.993. The lowest BCUT2D eigenvalue weighted by atomic mass is 10.1. The SMILES string of the molecule is CC(=O)c1c(N)c(F)c(F)c(F)c1F. The van der Waals surface area contributed by atoms with Gasteiger partial charge in [0.2, 0.25) is 0 Å². The Balaban J connectivity index is 3.68. The molecule has 2 nitrogen and oxygen atoms in total. The van der Waals surface area contributed by atoms with Gasteiger partial charge in [0.25, 0.3) is 0 Å². The van der Waals surface area contributed by atoms with Crippen LogP contribution in [-0.4, -0.2) is 5.78 Å². The number of ketones is 1. The van der Waals surface area contributed by atoms with Crippen LogP contribution in [0.15, 0.2) is 0 Å². The van der Waals surface area contributed by atoms with Gasteiger partial charge in [-0.3, -0.25) is 4.79 Å². The Morgan fingerprint density at radius 2 is 1.43 bits per heavy atom. The Kier molecular flexibility index (Phi) is 2.46. The predicted octanol–water partition coefficient (Wildman–Crippen LogP) is 2.03. The van der Waals surface area contributed by atoms with Crippen molar-refractivity contribution in [3.8, 4) is 0 Å². The highest BCUT2D eigenvalue weighted by Gasteiger charge is 2.25. The second kappa shape index (κ2) is 3.28. The van der Waals surface area contributed by atoms with Gasteiger partial charge in [-0.1, -0.05) is 0 Å². The van der Waals surface area contributed by atoms with Crippen molar-refractivity contribution in [2.24, 2.45) is 0 Å². The van der Waals surface area contributed by atoms with Crippen LogP contribution in [0.2, 0.25) is 0 Å². The van der Waals surface area contributed by atoms with Crippen LogP contribution in [0, 0.1) is 23.3 Å². The number of carbonyl (C=O) groups is 1. The van der Waals surface area contributed by atoms with Crippen molar-refractivity contribution in [3.05, 3.63) is 28.8 Å². The summed E-state index contributed by atoms with van der Waals surface area (Å²) >= 11 is 0. The summed E-state index contributed by atoms with van der Waals surface area (Å²) in [6, 6.07) is 0. The predicted molar refractivity (Wildman–Crippen MR) is 40.7 cm³/mol. The molecular formula is C8H5F4NO. The average Bonchev–Trinajstić information content (AvgIpc) is 2.11. The second-order valence-corrected chi connectivity index (χ2v) is 2.60. The van der Waals surface area contributed by atoms with Crippen LogP contribution in [0.5, 0.6) is 0 Å². The third-order valence-corrected chi connectivity index (χ3v) is 1.66. The minimum atomic E-state index is -2.04. The summed E-state index contributed by atoms with van der Waals surface area (Å²) in [7, 11) is 0. The topological polar surface area (TPSA) is 43.1 Å². The number of nitrogen functional groups attached to an aromatic ring is 1. The fraction of sp³-hybridized carbons (Fsp3) is 0.125. The first-order valence-corrected chi connectivity index (χ1v) is 3.50. The standard InChI is InChI=1S/C8H5F4NO/c1-2(14)3-4(9)5(10)6(11)7(12)8(3)13/h13H2,1H3. The lowest BCUT2D eigenvalue weighted by Crippen LogP contribution is -2.11. The van der Waals surface area contributed by atoms with Crippen LogP contribution in [0.25, 0.3) is 0 Å². The number of anilines is 1. The number of nitrogens with two attached hydrogens (primary N) is 1. The Morgan fingerprint density at radius 3 is 1.86 bits per heavy atom. The molecule has 1 aromatic carbocycles. The molecule has 0 aliphatic rings.